The van der Waals surface area contributed by atoms with E-state index in [1.54, 1.807) is 0 Å². The third-order valence-corrected chi connectivity index (χ3v) is 1.69. The Labute approximate surface area is 57.9 Å². The van der Waals surface area contributed by atoms with Gasteiger partial charge in [0.05, 0.1) is 0 Å². The SMILES string of the molecule is C=CCNP(=O)(Cl)Cl. The van der Waals surface area contributed by atoms with Gasteiger partial charge < -0.3 is 0 Å². The van der Waals surface area contributed by atoms with Crippen LogP contribution in [0.25, 0.3) is 0 Å². The lowest BCUT2D eigenvalue weighted by atomic mass is 10.7. The molecule has 0 rings (SSSR count). The normalized spacial score (nSPS) is 11.2. The van der Waals surface area contributed by atoms with Gasteiger partial charge in [0.2, 0.25) is 0 Å². The van der Waals surface area contributed by atoms with Crippen LogP contribution in [0.4, 0.5) is 0 Å². The van der Waals surface area contributed by atoms with Crippen LogP contribution in [0.15, 0.2) is 12.7 Å². The van der Waals surface area contributed by atoms with Crippen LogP contribution in [-0.4, -0.2) is 6.54 Å². The first-order valence-electron chi connectivity index (χ1n) is 1.91. The summed E-state index contributed by atoms with van der Waals surface area (Å²) in [4.78, 5) is 0. The van der Waals surface area contributed by atoms with Crippen LogP contribution in [0.1, 0.15) is 0 Å². The first-order valence-corrected chi connectivity index (χ1v) is 5.43. The topological polar surface area (TPSA) is 29.1 Å². The smallest absolute Gasteiger partial charge is 0.271 e. The first kappa shape index (κ1) is 8.51. The summed E-state index contributed by atoms with van der Waals surface area (Å²) in [6, 6.07) is 0. The molecule has 0 saturated heterocycles. The molecule has 0 saturated carbocycles. The van der Waals surface area contributed by atoms with Crippen LogP contribution >= 0.6 is 28.5 Å². The molecule has 1 N–H and O–H groups in total. The van der Waals surface area contributed by atoms with Gasteiger partial charge >= 0.3 is 6.00 Å². The number of rotatable bonds is 3. The summed E-state index contributed by atoms with van der Waals surface area (Å²) < 4.78 is 10.3. The maximum atomic E-state index is 10.3. The Morgan fingerprint density at radius 2 is 2.25 bits per heavy atom. The average molecular weight is 174 g/mol. The van der Waals surface area contributed by atoms with Crippen molar-refractivity contribution >= 4 is 28.5 Å². The van der Waals surface area contributed by atoms with Gasteiger partial charge in [-0.3, -0.25) is 4.57 Å². The average Bonchev–Trinajstić information content (AvgIpc) is 1.59. The molecule has 0 heterocycles. The summed E-state index contributed by atoms with van der Waals surface area (Å²) in [7, 11) is 0. The molecule has 0 amide bonds. The Hall–Kier alpha value is 0.510. The molecule has 48 valence electrons. The Bertz CT molecular complexity index is 120. The van der Waals surface area contributed by atoms with Crippen molar-refractivity contribution in [3.8, 4) is 0 Å². The Balaban J connectivity index is 3.40. The minimum Gasteiger partial charge on any atom is -0.271 e. The molecule has 2 nitrogen and oxygen atoms in total. The van der Waals surface area contributed by atoms with Gasteiger partial charge in [-0.15, -0.1) is 6.58 Å². The predicted octanol–water partition coefficient (Wildman–Crippen LogP) is 2.35. The van der Waals surface area contributed by atoms with Crippen molar-refractivity contribution in [1.29, 1.82) is 0 Å². The number of hydrogen-bond acceptors (Lipinski definition) is 1. The largest absolute Gasteiger partial charge is 0.319 e. The van der Waals surface area contributed by atoms with Gasteiger partial charge in [0.15, 0.2) is 0 Å². The van der Waals surface area contributed by atoms with E-state index in [-0.39, 0.29) is 0 Å². The van der Waals surface area contributed by atoms with E-state index >= 15 is 0 Å². The van der Waals surface area contributed by atoms with Crippen LogP contribution < -0.4 is 5.09 Å². The molecule has 0 bridgehead atoms. The number of hydrogen-bond donors (Lipinski definition) is 1. The van der Waals surface area contributed by atoms with Gasteiger partial charge in [0.1, 0.15) is 0 Å². The lowest BCUT2D eigenvalue weighted by Gasteiger charge is -1.98. The second-order valence-electron chi connectivity index (χ2n) is 1.11. The molecule has 0 aromatic heterocycles. The molecule has 0 aromatic carbocycles. The fraction of sp³-hybridized carbons (Fsp3) is 0.333. The summed E-state index contributed by atoms with van der Waals surface area (Å²) in [6.07, 6.45) is 1.53. The van der Waals surface area contributed by atoms with Crippen LogP contribution in [0.5, 0.6) is 0 Å². The van der Waals surface area contributed by atoms with Crippen LogP contribution in [0, 0.1) is 0 Å². The highest BCUT2D eigenvalue weighted by molar-refractivity contribution is 8.07. The molecule has 0 aromatic rings. The summed E-state index contributed by atoms with van der Waals surface area (Å²) in [5, 5.41) is 2.34. The standard InChI is InChI=1S/C3H6Cl2NOP/c1-2-3-6-8(4,5)7/h2H,1,3H2,(H,6,7). The minimum absolute atomic E-state index is 0.365. The van der Waals surface area contributed by atoms with Crippen LogP contribution in [-0.2, 0) is 4.57 Å². The molecular weight excluding hydrogens is 168 g/mol. The number of nitrogens with one attached hydrogen (secondary N) is 1. The van der Waals surface area contributed by atoms with Gasteiger partial charge in [-0.2, -0.15) is 0 Å². The fourth-order valence-electron chi connectivity index (χ4n) is 0.171. The molecule has 0 atom stereocenters. The van der Waals surface area contributed by atoms with Crippen molar-refractivity contribution in [2.75, 3.05) is 6.54 Å². The van der Waals surface area contributed by atoms with E-state index < -0.39 is 6.00 Å². The van der Waals surface area contributed by atoms with E-state index in [0.29, 0.717) is 6.54 Å². The molecule has 0 fully saturated rings. The molecule has 0 aliphatic heterocycles. The summed E-state index contributed by atoms with van der Waals surface area (Å²) in [5.74, 6) is -3.06. The molecule has 0 unspecified atom stereocenters. The predicted molar refractivity (Wildman–Crippen MR) is 37.5 cm³/mol. The second kappa shape index (κ2) is 3.52. The van der Waals surface area contributed by atoms with Gasteiger partial charge in [-0.1, -0.05) is 6.08 Å². The molecule has 5 heteroatoms. The van der Waals surface area contributed by atoms with E-state index in [9.17, 15) is 4.57 Å². The highest BCUT2D eigenvalue weighted by atomic mass is 35.9. The Kier molecular flexibility index (Phi) is 3.74. The molecular formula is C3H6Cl2NOP. The van der Waals surface area contributed by atoms with Crippen molar-refractivity contribution in [2.45, 2.75) is 0 Å². The van der Waals surface area contributed by atoms with E-state index in [1.807, 2.05) is 0 Å². The molecule has 8 heavy (non-hydrogen) atoms. The Morgan fingerprint density at radius 3 is 2.38 bits per heavy atom. The summed E-state index contributed by atoms with van der Waals surface area (Å²) >= 11 is 10.1. The summed E-state index contributed by atoms with van der Waals surface area (Å²) in [6.45, 7) is 3.73. The third kappa shape index (κ3) is 6.51. The maximum Gasteiger partial charge on any atom is 0.319 e. The second-order valence-corrected chi connectivity index (χ2v) is 5.73. The van der Waals surface area contributed by atoms with Crippen molar-refractivity contribution in [3.05, 3.63) is 12.7 Å². The van der Waals surface area contributed by atoms with E-state index in [0.717, 1.165) is 0 Å². The van der Waals surface area contributed by atoms with Crippen molar-refractivity contribution in [1.82, 2.24) is 5.09 Å². The van der Waals surface area contributed by atoms with Crippen molar-refractivity contribution < 1.29 is 4.57 Å². The molecule has 0 aliphatic carbocycles. The zero-order chi connectivity index (χ0) is 6.62. The molecule has 0 radical (unpaired) electrons. The molecule has 0 aliphatic rings. The highest BCUT2D eigenvalue weighted by Crippen LogP contribution is 2.51. The zero-order valence-electron chi connectivity index (χ0n) is 4.10. The van der Waals surface area contributed by atoms with E-state index in [1.165, 1.54) is 6.08 Å². The fourth-order valence-corrected chi connectivity index (χ4v) is 0.927. The van der Waals surface area contributed by atoms with Gasteiger partial charge in [-0.05, 0) is 22.5 Å². The van der Waals surface area contributed by atoms with E-state index in [4.69, 9.17) is 22.5 Å². The monoisotopic (exact) mass is 173 g/mol. The van der Waals surface area contributed by atoms with Crippen molar-refractivity contribution in [2.24, 2.45) is 0 Å². The first-order chi connectivity index (χ1) is 3.56. The Morgan fingerprint density at radius 1 is 1.75 bits per heavy atom. The van der Waals surface area contributed by atoms with Gasteiger partial charge in [0.25, 0.3) is 0 Å². The van der Waals surface area contributed by atoms with Gasteiger partial charge in [0, 0.05) is 6.54 Å². The summed E-state index contributed by atoms with van der Waals surface area (Å²) in [5.41, 5.74) is 0. The number of halogens is 2. The van der Waals surface area contributed by atoms with E-state index in [2.05, 4.69) is 11.7 Å². The maximum absolute atomic E-state index is 10.3. The third-order valence-electron chi connectivity index (χ3n) is 0.420. The van der Waals surface area contributed by atoms with Crippen LogP contribution in [0.2, 0.25) is 0 Å². The lowest BCUT2D eigenvalue weighted by molar-refractivity contribution is 0.586. The van der Waals surface area contributed by atoms with Crippen molar-refractivity contribution in [3.63, 3.8) is 0 Å². The zero-order valence-corrected chi connectivity index (χ0v) is 6.51. The minimum atomic E-state index is -3.06. The lowest BCUT2D eigenvalue weighted by Crippen LogP contribution is -2.01. The van der Waals surface area contributed by atoms with Crippen LogP contribution in [0.3, 0.4) is 0 Å². The van der Waals surface area contributed by atoms with Gasteiger partial charge in [-0.25, -0.2) is 5.09 Å². The quantitative estimate of drug-likeness (QED) is 0.525. The molecule has 0 spiro atoms. The highest BCUT2D eigenvalue weighted by Gasteiger charge is 2.08.